The summed E-state index contributed by atoms with van der Waals surface area (Å²) >= 11 is 0. The number of nitrogens with zero attached hydrogens (tertiary/aromatic N) is 3. The largest absolute Gasteiger partial charge is 0.469 e. The third-order valence-electron chi connectivity index (χ3n) is 3.59. The Bertz CT molecular complexity index is 814. The molecule has 1 N–H and O–H groups in total. The number of aromatic nitrogens is 3. The molecule has 0 bridgehead atoms. The second kappa shape index (κ2) is 6.48. The fourth-order valence-corrected chi connectivity index (χ4v) is 2.42. The van der Waals surface area contributed by atoms with Crippen LogP contribution in [0.5, 0.6) is 0 Å². The van der Waals surface area contributed by atoms with E-state index in [1.807, 2.05) is 55.5 Å². The molecule has 3 rings (SSSR count). The lowest BCUT2D eigenvalue weighted by Crippen LogP contribution is -2.16. The Balaban J connectivity index is 1.87. The molecule has 2 heterocycles. The SMILES string of the molecule is COC(=O)[C@@H](C)Cc1cccc2nc(Nc3ccccc3)nn12. The molecule has 0 saturated heterocycles. The van der Waals surface area contributed by atoms with Crippen LogP contribution in [0.4, 0.5) is 11.6 Å². The molecule has 0 aliphatic heterocycles. The Morgan fingerprint density at radius 2 is 2.00 bits per heavy atom. The molecule has 6 heteroatoms. The number of methoxy groups -OCH3 is 1. The number of carbonyl (C=O) groups is 1. The molecule has 118 valence electrons. The number of anilines is 2. The molecule has 0 saturated carbocycles. The normalized spacial score (nSPS) is 12.1. The molecule has 2 aromatic heterocycles. The fraction of sp³-hybridized carbons (Fsp3) is 0.235. The molecule has 1 aromatic carbocycles. The van der Waals surface area contributed by atoms with Gasteiger partial charge in [0.05, 0.1) is 13.0 Å². The average Bonchev–Trinajstić information content (AvgIpc) is 2.98. The van der Waals surface area contributed by atoms with E-state index in [0.717, 1.165) is 17.0 Å². The number of pyridine rings is 1. The lowest BCUT2D eigenvalue weighted by atomic mass is 10.1. The average molecular weight is 310 g/mol. The van der Waals surface area contributed by atoms with Crippen LogP contribution in [-0.2, 0) is 16.0 Å². The van der Waals surface area contributed by atoms with E-state index < -0.39 is 0 Å². The van der Waals surface area contributed by atoms with E-state index in [1.54, 1.807) is 4.52 Å². The molecule has 0 unspecified atom stereocenters. The highest BCUT2D eigenvalue weighted by atomic mass is 16.5. The van der Waals surface area contributed by atoms with Crippen molar-refractivity contribution in [2.24, 2.45) is 5.92 Å². The van der Waals surface area contributed by atoms with E-state index in [9.17, 15) is 4.79 Å². The molecule has 0 aliphatic carbocycles. The van der Waals surface area contributed by atoms with Gasteiger partial charge in [-0.2, -0.15) is 4.98 Å². The van der Waals surface area contributed by atoms with Gasteiger partial charge in [-0.3, -0.25) is 4.79 Å². The topological polar surface area (TPSA) is 68.5 Å². The van der Waals surface area contributed by atoms with Crippen molar-refractivity contribution in [3.05, 3.63) is 54.2 Å². The molecule has 0 amide bonds. The van der Waals surface area contributed by atoms with Gasteiger partial charge in [0.15, 0.2) is 5.65 Å². The van der Waals surface area contributed by atoms with Crippen LogP contribution in [0, 0.1) is 5.92 Å². The maximum atomic E-state index is 11.6. The molecule has 0 radical (unpaired) electrons. The van der Waals surface area contributed by atoms with Crippen molar-refractivity contribution in [3.63, 3.8) is 0 Å². The van der Waals surface area contributed by atoms with E-state index in [0.29, 0.717) is 12.4 Å². The monoisotopic (exact) mass is 310 g/mol. The molecule has 6 nitrogen and oxygen atoms in total. The number of ether oxygens (including phenoxy) is 1. The zero-order chi connectivity index (χ0) is 16.2. The van der Waals surface area contributed by atoms with E-state index in [2.05, 4.69) is 15.4 Å². The Morgan fingerprint density at radius 1 is 1.22 bits per heavy atom. The summed E-state index contributed by atoms with van der Waals surface area (Å²) in [6.07, 6.45) is 0.540. The molecular formula is C17H18N4O2. The van der Waals surface area contributed by atoms with E-state index in [1.165, 1.54) is 7.11 Å². The molecule has 1 atom stereocenters. The Morgan fingerprint density at radius 3 is 2.74 bits per heavy atom. The second-order valence-corrected chi connectivity index (χ2v) is 5.34. The van der Waals surface area contributed by atoms with Gasteiger partial charge in [-0.1, -0.05) is 31.2 Å². The molecule has 23 heavy (non-hydrogen) atoms. The molecule has 0 spiro atoms. The number of benzene rings is 1. The minimum Gasteiger partial charge on any atom is -0.469 e. The predicted molar refractivity (Wildman–Crippen MR) is 87.6 cm³/mol. The van der Waals surface area contributed by atoms with Crippen molar-refractivity contribution >= 4 is 23.3 Å². The summed E-state index contributed by atoms with van der Waals surface area (Å²) in [5, 5.41) is 7.66. The van der Waals surface area contributed by atoms with Crippen LogP contribution in [0.25, 0.3) is 5.65 Å². The minimum absolute atomic E-state index is 0.232. The summed E-state index contributed by atoms with van der Waals surface area (Å²) in [7, 11) is 1.40. The lowest BCUT2D eigenvalue weighted by molar-refractivity contribution is -0.144. The number of nitrogens with one attached hydrogen (secondary N) is 1. The first-order chi connectivity index (χ1) is 11.2. The third-order valence-corrected chi connectivity index (χ3v) is 3.59. The van der Waals surface area contributed by atoms with Gasteiger partial charge in [0.1, 0.15) is 0 Å². The highest BCUT2D eigenvalue weighted by Crippen LogP contribution is 2.16. The van der Waals surface area contributed by atoms with Crippen LogP contribution in [0.3, 0.4) is 0 Å². The summed E-state index contributed by atoms with van der Waals surface area (Å²) in [5.74, 6) is 0.0551. The number of para-hydroxylation sites is 1. The van der Waals surface area contributed by atoms with E-state index in [-0.39, 0.29) is 11.9 Å². The van der Waals surface area contributed by atoms with Crippen LogP contribution < -0.4 is 5.32 Å². The molecule has 0 fully saturated rings. The maximum Gasteiger partial charge on any atom is 0.308 e. The number of carbonyl (C=O) groups excluding carboxylic acids is 1. The smallest absolute Gasteiger partial charge is 0.308 e. The maximum absolute atomic E-state index is 11.6. The van der Waals surface area contributed by atoms with Crippen molar-refractivity contribution in [2.75, 3.05) is 12.4 Å². The highest BCUT2D eigenvalue weighted by Gasteiger charge is 2.16. The summed E-state index contributed by atoms with van der Waals surface area (Å²) < 4.78 is 6.54. The van der Waals surface area contributed by atoms with Gasteiger partial charge >= 0.3 is 5.97 Å². The first-order valence-corrected chi connectivity index (χ1v) is 7.42. The van der Waals surface area contributed by atoms with E-state index >= 15 is 0 Å². The lowest BCUT2D eigenvalue weighted by Gasteiger charge is -2.09. The quantitative estimate of drug-likeness (QED) is 0.734. The van der Waals surface area contributed by atoms with Crippen molar-refractivity contribution in [1.82, 2.24) is 14.6 Å². The minimum atomic E-state index is -0.236. The molecular weight excluding hydrogens is 292 g/mol. The highest BCUT2D eigenvalue weighted by molar-refractivity contribution is 5.72. The molecule has 3 aromatic rings. The van der Waals surface area contributed by atoms with Crippen molar-refractivity contribution < 1.29 is 9.53 Å². The fourth-order valence-electron chi connectivity index (χ4n) is 2.42. The van der Waals surface area contributed by atoms with Gasteiger partial charge in [-0.05, 0) is 24.3 Å². The predicted octanol–water partition coefficient (Wildman–Crippen LogP) is 2.82. The van der Waals surface area contributed by atoms with Crippen molar-refractivity contribution in [3.8, 4) is 0 Å². The number of fused-ring (bicyclic) bond motifs is 1. The van der Waals surface area contributed by atoms with Crippen molar-refractivity contribution in [2.45, 2.75) is 13.3 Å². The van der Waals surface area contributed by atoms with Crippen LogP contribution in [0.15, 0.2) is 48.5 Å². The summed E-state index contributed by atoms with van der Waals surface area (Å²) in [5.41, 5.74) is 2.57. The standard InChI is InChI=1S/C17H18N4O2/c1-12(16(22)23-2)11-14-9-6-10-15-19-17(20-21(14)15)18-13-7-4-3-5-8-13/h3-10,12H,11H2,1-2H3,(H,18,20)/t12-/m0/s1. The van der Waals surface area contributed by atoms with Gasteiger partial charge in [-0.15, -0.1) is 5.10 Å². The summed E-state index contributed by atoms with van der Waals surface area (Å²) in [6.45, 7) is 1.84. The zero-order valence-corrected chi connectivity index (χ0v) is 13.1. The van der Waals surface area contributed by atoms with E-state index in [4.69, 9.17) is 4.74 Å². The Labute approximate surface area is 134 Å². The zero-order valence-electron chi connectivity index (χ0n) is 13.1. The Hall–Kier alpha value is -2.89. The summed E-state index contributed by atoms with van der Waals surface area (Å²) in [6, 6.07) is 15.5. The summed E-state index contributed by atoms with van der Waals surface area (Å²) in [4.78, 5) is 16.1. The van der Waals surface area contributed by atoms with Gasteiger partial charge in [0.25, 0.3) is 0 Å². The van der Waals surface area contributed by atoms with Gasteiger partial charge in [0, 0.05) is 17.8 Å². The number of rotatable bonds is 5. The van der Waals surface area contributed by atoms with Gasteiger partial charge in [0.2, 0.25) is 5.95 Å². The van der Waals surface area contributed by atoms with Crippen LogP contribution >= 0.6 is 0 Å². The number of hydrogen-bond acceptors (Lipinski definition) is 5. The Kier molecular flexibility index (Phi) is 4.23. The second-order valence-electron chi connectivity index (χ2n) is 5.34. The van der Waals surface area contributed by atoms with Crippen LogP contribution in [0.2, 0.25) is 0 Å². The third kappa shape index (κ3) is 3.31. The van der Waals surface area contributed by atoms with Crippen molar-refractivity contribution in [1.29, 1.82) is 0 Å². The first kappa shape index (κ1) is 15.0. The first-order valence-electron chi connectivity index (χ1n) is 7.42. The van der Waals surface area contributed by atoms with Crippen LogP contribution in [0.1, 0.15) is 12.6 Å². The van der Waals surface area contributed by atoms with Crippen LogP contribution in [-0.4, -0.2) is 27.7 Å². The van der Waals surface area contributed by atoms with Gasteiger partial charge in [-0.25, -0.2) is 4.52 Å². The molecule has 0 aliphatic rings. The van der Waals surface area contributed by atoms with Gasteiger partial charge < -0.3 is 10.1 Å². The number of hydrogen-bond donors (Lipinski definition) is 1. The number of esters is 1.